The van der Waals surface area contributed by atoms with Crippen molar-refractivity contribution >= 4 is 0 Å². The van der Waals surface area contributed by atoms with Gasteiger partial charge in [-0.05, 0) is 23.7 Å². The van der Waals surface area contributed by atoms with Gasteiger partial charge in [0.1, 0.15) is 71.2 Å². The Bertz CT molecular complexity index is 2540. The van der Waals surface area contributed by atoms with Crippen LogP contribution in [0.4, 0.5) is 0 Å². The van der Waals surface area contributed by atoms with Crippen LogP contribution in [0.15, 0.2) is 36.4 Å². The molecule has 0 aliphatic heterocycles. The maximum absolute atomic E-state index is 6.13. The molecule has 0 aliphatic carbocycles. The average molecular weight is 1480 g/mol. The first kappa shape index (κ1) is 92.3. The second-order valence-corrected chi connectivity index (χ2v) is 20.9. The molecule has 0 saturated heterocycles. The fraction of sp³-hybridized carbons (Fsp3) is 0.689. The minimum atomic E-state index is 0.203. The van der Waals surface area contributed by atoms with Crippen LogP contribution < -0.4 is 14.2 Å². The predicted molar refractivity (Wildman–Crippen MR) is 380 cm³/mol. The van der Waals surface area contributed by atoms with Crippen molar-refractivity contribution in [1.82, 2.24) is 15.0 Å². The third kappa shape index (κ3) is 58.3. The summed E-state index contributed by atoms with van der Waals surface area (Å²) in [5, 5.41) is 0. The van der Waals surface area contributed by atoms with Crippen LogP contribution in [-0.4, -0.2) is 353 Å². The van der Waals surface area contributed by atoms with E-state index in [4.69, 9.17) is 146 Å². The van der Waals surface area contributed by atoms with Crippen LogP contribution in [0.5, 0.6) is 17.2 Å². The van der Waals surface area contributed by atoms with Gasteiger partial charge in [0.05, 0.1) is 297 Å². The average Bonchev–Trinajstić information content (AvgIpc) is 0.856. The first-order chi connectivity index (χ1) is 51.6. The maximum atomic E-state index is 6.13. The maximum Gasteiger partial charge on any atom is 0.125 e. The molecular formula is C74H113N3O27. The number of aromatic nitrogens is 3. The van der Waals surface area contributed by atoms with Gasteiger partial charge in [0.25, 0.3) is 0 Å². The number of hydrogen-bond donors (Lipinski definition) is 0. The summed E-state index contributed by atoms with van der Waals surface area (Å²) in [6.45, 7) is 21.2. The van der Waals surface area contributed by atoms with E-state index in [9.17, 15) is 0 Å². The molecule has 0 unspecified atom stereocenters. The van der Waals surface area contributed by atoms with E-state index in [0.717, 1.165) is 0 Å². The Labute approximate surface area is 615 Å². The molecule has 0 aliphatic rings. The molecule has 3 aromatic rings. The van der Waals surface area contributed by atoms with Gasteiger partial charge < -0.3 is 128 Å². The van der Waals surface area contributed by atoms with Gasteiger partial charge >= 0.3 is 0 Å². The summed E-state index contributed by atoms with van der Waals surface area (Å²) in [6.07, 6.45) is 11.6. The van der Waals surface area contributed by atoms with Crippen LogP contribution in [0, 0.1) is 48.4 Å². The summed E-state index contributed by atoms with van der Waals surface area (Å²) in [4.78, 5) is 13.7. The van der Waals surface area contributed by atoms with Crippen LogP contribution in [0.3, 0.4) is 0 Å². The SMILES string of the molecule is C#Cc1cc(OCCOCCOCCOCCOCCOCCOCCOCCOC)cc(C#Cc2cc(OCCOCCOCCOCCOCCOCCOCCOCCOC)cc(C#Cc3cc(OCCOCCOCCOCCOCCOCCOCCOCCOC)cc(C#C)n3)n2)n1. The van der Waals surface area contributed by atoms with Gasteiger partial charge in [-0.2, -0.15) is 0 Å². The van der Waals surface area contributed by atoms with E-state index in [-0.39, 0.29) is 26.4 Å². The molecular weight excluding hydrogens is 1360 g/mol. The Balaban J connectivity index is 1.42. The molecule has 0 saturated carbocycles. The number of terminal acetylenes is 2. The Kier molecular flexibility index (Phi) is 64.5. The first-order valence-electron chi connectivity index (χ1n) is 35.1. The zero-order valence-corrected chi connectivity index (χ0v) is 61.4. The molecule has 586 valence electrons. The van der Waals surface area contributed by atoms with Crippen LogP contribution >= 0.6 is 0 Å². The summed E-state index contributed by atoms with van der Waals surface area (Å²) >= 11 is 0. The largest absolute Gasteiger partial charge is 0.491 e. The number of hydrogen-bond acceptors (Lipinski definition) is 30. The molecule has 0 bridgehead atoms. The standard InChI is InChI=1S/C74H113N3O27/c1-6-66-60-72(102-57-54-99-51-48-96-45-42-93-39-36-90-33-30-87-27-24-84-21-18-81-15-12-78-3)62-68(75-66)8-10-70-64-74(104-59-56-101-53-50-98-47-44-95-41-38-92-35-32-89-29-26-86-23-20-83-17-14-80-5)65-71(77-70)11-9-69-63-73(61-67(7-2)76-69)103-58-55-100-52-49-97-46-43-94-40-37-91-34-31-88-28-25-85-22-19-82-16-13-79-4/h1-2,60-65H,12-59H2,3-5H3. The molecule has 3 aromatic heterocycles. The highest BCUT2D eigenvalue weighted by Gasteiger charge is 2.08. The number of rotatable bonds is 75. The Hall–Kier alpha value is -5.87. The van der Waals surface area contributed by atoms with E-state index in [1.807, 2.05) is 0 Å². The van der Waals surface area contributed by atoms with E-state index >= 15 is 0 Å². The summed E-state index contributed by atoms with van der Waals surface area (Å²) < 4.78 is 149. The van der Waals surface area contributed by atoms with E-state index in [1.165, 1.54) is 0 Å². The Morgan fingerprint density at radius 2 is 0.317 bits per heavy atom. The van der Waals surface area contributed by atoms with Crippen LogP contribution in [0.25, 0.3) is 0 Å². The van der Waals surface area contributed by atoms with Crippen LogP contribution in [0.1, 0.15) is 34.2 Å². The minimum absolute atomic E-state index is 0.203. The van der Waals surface area contributed by atoms with E-state index in [0.29, 0.717) is 342 Å². The van der Waals surface area contributed by atoms with E-state index < -0.39 is 0 Å². The van der Waals surface area contributed by atoms with Gasteiger partial charge in [0, 0.05) is 57.7 Å². The lowest BCUT2D eigenvalue weighted by Crippen LogP contribution is -2.15. The monoisotopic (exact) mass is 1480 g/mol. The molecule has 0 aromatic carbocycles. The highest BCUT2D eigenvalue weighted by Crippen LogP contribution is 2.18. The lowest BCUT2D eigenvalue weighted by Gasteiger charge is -2.09. The molecule has 0 radical (unpaired) electrons. The predicted octanol–water partition coefficient (Wildman–Crippen LogP) is 3.06. The van der Waals surface area contributed by atoms with Gasteiger partial charge in [-0.25, -0.2) is 15.0 Å². The van der Waals surface area contributed by atoms with Crippen molar-refractivity contribution in [3.8, 4) is 65.6 Å². The molecule has 0 spiro atoms. The van der Waals surface area contributed by atoms with Crippen LogP contribution in [-0.2, 0) is 114 Å². The second-order valence-electron chi connectivity index (χ2n) is 20.9. The first-order valence-corrected chi connectivity index (χ1v) is 35.1. The number of nitrogens with zero attached hydrogens (tertiary/aromatic N) is 3. The van der Waals surface area contributed by atoms with Crippen molar-refractivity contribution in [2.45, 2.75) is 0 Å². The summed E-state index contributed by atoms with van der Waals surface area (Å²) in [5.74, 6) is 18.8. The Morgan fingerprint density at radius 1 is 0.192 bits per heavy atom. The highest BCUT2D eigenvalue weighted by molar-refractivity contribution is 5.48. The molecule has 30 heteroatoms. The molecule has 0 atom stereocenters. The van der Waals surface area contributed by atoms with Gasteiger partial charge in [-0.1, -0.05) is 11.8 Å². The quantitative estimate of drug-likeness (QED) is 0.0580. The summed E-state index contributed by atoms with van der Waals surface area (Å²) in [6, 6.07) is 10.0. The zero-order valence-electron chi connectivity index (χ0n) is 61.4. The lowest BCUT2D eigenvalue weighted by molar-refractivity contribution is -0.0227. The minimum Gasteiger partial charge on any atom is -0.491 e. The molecule has 30 nitrogen and oxygen atoms in total. The van der Waals surface area contributed by atoms with Gasteiger partial charge in [0.15, 0.2) is 0 Å². The second kappa shape index (κ2) is 72.7. The summed E-state index contributed by atoms with van der Waals surface area (Å²) in [7, 11) is 4.91. The highest BCUT2D eigenvalue weighted by atomic mass is 16.6. The molecule has 3 heterocycles. The van der Waals surface area contributed by atoms with Gasteiger partial charge in [-0.15, -0.1) is 12.8 Å². The topological polar surface area (TPSA) is 288 Å². The van der Waals surface area contributed by atoms with Crippen molar-refractivity contribution < 1.29 is 128 Å². The number of ether oxygens (including phenoxy) is 27. The molecule has 3 rings (SSSR count). The molecule has 104 heavy (non-hydrogen) atoms. The number of methoxy groups -OCH3 is 3. The molecule has 0 N–H and O–H groups in total. The van der Waals surface area contributed by atoms with Crippen molar-refractivity contribution in [1.29, 1.82) is 0 Å². The smallest absolute Gasteiger partial charge is 0.125 e. The van der Waals surface area contributed by atoms with Crippen molar-refractivity contribution in [2.24, 2.45) is 0 Å². The van der Waals surface area contributed by atoms with Crippen LogP contribution in [0.2, 0.25) is 0 Å². The zero-order chi connectivity index (χ0) is 73.8. The van der Waals surface area contributed by atoms with Gasteiger partial charge in [0.2, 0.25) is 0 Å². The molecule has 0 amide bonds. The fourth-order valence-corrected chi connectivity index (χ4v) is 7.77. The van der Waals surface area contributed by atoms with Crippen molar-refractivity contribution in [3.05, 3.63) is 70.6 Å². The van der Waals surface area contributed by atoms with Crippen molar-refractivity contribution in [2.75, 3.05) is 338 Å². The third-order valence-electron chi connectivity index (χ3n) is 12.8. The third-order valence-corrected chi connectivity index (χ3v) is 12.8. The van der Waals surface area contributed by atoms with E-state index in [2.05, 4.69) is 45.5 Å². The Morgan fingerprint density at radius 3 is 0.462 bits per heavy atom. The fourth-order valence-electron chi connectivity index (χ4n) is 7.77. The summed E-state index contributed by atoms with van der Waals surface area (Å²) in [5.41, 5.74) is 2.02. The van der Waals surface area contributed by atoms with Crippen molar-refractivity contribution in [3.63, 3.8) is 0 Å². The van der Waals surface area contributed by atoms with E-state index in [1.54, 1.807) is 57.7 Å². The molecule has 0 fully saturated rings. The lowest BCUT2D eigenvalue weighted by atomic mass is 10.2. The van der Waals surface area contributed by atoms with Gasteiger partial charge in [-0.3, -0.25) is 0 Å². The number of pyridine rings is 3. The normalized spacial score (nSPS) is 11.1.